The number of hydrazone groups is 1. The van der Waals surface area contributed by atoms with Crippen molar-refractivity contribution in [2.24, 2.45) is 5.10 Å². The molecule has 0 unspecified atom stereocenters. The number of carbonyl (C=O) groups excluding carboxylic acids is 2. The second kappa shape index (κ2) is 12.3. The van der Waals surface area contributed by atoms with Crippen molar-refractivity contribution < 1.29 is 28.5 Å². The highest BCUT2D eigenvalue weighted by atomic mass is 35.5. The third-order valence-electron chi connectivity index (χ3n) is 4.43. The van der Waals surface area contributed by atoms with Gasteiger partial charge in [0.25, 0.3) is 5.91 Å². The monoisotopic (exact) mass is 482 g/mol. The fraction of sp³-hybridized carbons (Fsp3) is 0.160. The van der Waals surface area contributed by atoms with Crippen LogP contribution in [0.2, 0.25) is 5.02 Å². The van der Waals surface area contributed by atoms with Gasteiger partial charge in [-0.3, -0.25) is 4.79 Å². The fourth-order valence-corrected chi connectivity index (χ4v) is 2.95. The number of nitrogens with one attached hydrogen (secondary N) is 1. The summed E-state index contributed by atoms with van der Waals surface area (Å²) in [6, 6.07) is 18.6. The molecule has 0 radical (unpaired) electrons. The molecule has 176 valence electrons. The summed E-state index contributed by atoms with van der Waals surface area (Å²) < 4.78 is 21.2. The number of benzene rings is 3. The Bertz CT molecular complexity index is 1150. The number of ether oxygens (including phenoxy) is 4. The molecular formula is C25H23ClN2O6. The van der Waals surface area contributed by atoms with Gasteiger partial charge in [0, 0.05) is 5.02 Å². The van der Waals surface area contributed by atoms with Crippen molar-refractivity contribution in [1.82, 2.24) is 5.43 Å². The second-order valence-corrected chi connectivity index (χ2v) is 7.44. The molecule has 0 fully saturated rings. The molecule has 0 aliphatic carbocycles. The smallest absolute Gasteiger partial charge is 0.349 e. The average Bonchev–Trinajstić information content (AvgIpc) is 2.83. The Morgan fingerprint density at radius 3 is 2.26 bits per heavy atom. The van der Waals surface area contributed by atoms with Crippen LogP contribution in [0.5, 0.6) is 23.0 Å². The van der Waals surface area contributed by atoms with E-state index in [1.54, 1.807) is 73.8 Å². The molecule has 0 atom stereocenters. The van der Waals surface area contributed by atoms with Crippen LogP contribution in [-0.4, -0.2) is 38.4 Å². The molecular weight excluding hydrogens is 460 g/mol. The second-order valence-electron chi connectivity index (χ2n) is 7.00. The molecule has 0 aliphatic rings. The van der Waals surface area contributed by atoms with E-state index in [1.165, 1.54) is 6.21 Å². The lowest BCUT2D eigenvalue weighted by atomic mass is 10.2. The van der Waals surface area contributed by atoms with Gasteiger partial charge in [-0.1, -0.05) is 11.6 Å². The number of carbonyl (C=O) groups is 2. The first-order valence-corrected chi connectivity index (χ1v) is 10.6. The Morgan fingerprint density at radius 2 is 1.59 bits per heavy atom. The standard InChI is InChI=1S/C25H23ClN2O6/c1-17-13-19(26)5-12-23(17)33-16-25(30)34-22-6-3-18(4-7-22)14-27-28-24(29)15-32-21-10-8-20(31-2)9-11-21/h3-14H,15-16H2,1-2H3,(H,28,29). The minimum atomic E-state index is -0.542. The topological polar surface area (TPSA) is 95.5 Å². The molecule has 0 heterocycles. The van der Waals surface area contributed by atoms with Crippen LogP contribution in [0.25, 0.3) is 0 Å². The van der Waals surface area contributed by atoms with Gasteiger partial charge in [-0.2, -0.15) is 5.10 Å². The van der Waals surface area contributed by atoms with Crippen molar-refractivity contribution in [3.8, 4) is 23.0 Å². The van der Waals surface area contributed by atoms with E-state index >= 15 is 0 Å². The predicted octanol–water partition coefficient (Wildman–Crippen LogP) is 4.17. The molecule has 8 nitrogen and oxygen atoms in total. The van der Waals surface area contributed by atoms with Crippen LogP contribution >= 0.6 is 11.6 Å². The van der Waals surface area contributed by atoms with Crippen molar-refractivity contribution >= 4 is 29.7 Å². The molecule has 3 aromatic rings. The van der Waals surface area contributed by atoms with Crippen LogP contribution in [0.4, 0.5) is 0 Å². The lowest BCUT2D eigenvalue weighted by molar-refractivity contribution is -0.136. The summed E-state index contributed by atoms with van der Waals surface area (Å²) in [7, 11) is 1.57. The van der Waals surface area contributed by atoms with Gasteiger partial charge in [-0.15, -0.1) is 0 Å². The number of rotatable bonds is 10. The molecule has 0 saturated heterocycles. The van der Waals surface area contributed by atoms with E-state index in [0.717, 1.165) is 5.56 Å². The van der Waals surface area contributed by atoms with Crippen LogP contribution in [0.15, 0.2) is 71.8 Å². The number of amides is 1. The van der Waals surface area contributed by atoms with Gasteiger partial charge in [0.1, 0.15) is 23.0 Å². The highest BCUT2D eigenvalue weighted by Crippen LogP contribution is 2.22. The molecule has 0 spiro atoms. The number of methoxy groups -OCH3 is 1. The van der Waals surface area contributed by atoms with Gasteiger partial charge < -0.3 is 18.9 Å². The fourth-order valence-electron chi connectivity index (χ4n) is 2.73. The van der Waals surface area contributed by atoms with E-state index < -0.39 is 11.9 Å². The Hall–Kier alpha value is -4.04. The zero-order valence-corrected chi connectivity index (χ0v) is 19.4. The van der Waals surface area contributed by atoms with Gasteiger partial charge in [0.15, 0.2) is 13.2 Å². The largest absolute Gasteiger partial charge is 0.497 e. The zero-order valence-electron chi connectivity index (χ0n) is 18.6. The number of aryl methyl sites for hydroxylation is 1. The first-order valence-electron chi connectivity index (χ1n) is 10.2. The van der Waals surface area contributed by atoms with E-state index in [0.29, 0.717) is 33.6 Å². The van der Waals surface area contributed by atoms with Crippen molar-refractivity contribution in [2.75, 3.05) is 20.3 Å². The van der Waals surface area contributed by atoms with E-state index in [9.17, 15) is 9.59 Å². The quantitative estimate of drug-likeness (QED) is 0.202. The van der Waals surface area contributed by atoms with Crippen LogP contribution < -0.4 is 24.4 Å². The summed E-state index contributed by atoms with van der Waals surface area (Å²) in [6.45, 7) is 1.41. The molecule has 1 N–H and O–H groups in total. The van der Waals surface area contributed by atoms with Gasteiger partial charge >= 0.3 is 5.97 Å². The van der Waals surface area contributed by atoms with Crippen LogP contribution in [-0.2, 0) is 9.59 Å². The Balaban J connectivity index is 1.40. The predicted molar refractivity (Wildman–Crippen MR) is 128 cm³/mol. The van der Waals surface area contributed by atoms with Crippen LogP contribution in [0.3, 0.4) is 0 Å². The third-order valence-corrected chi connectivity index (χ3v) is 4.66. The highest BCUT2D eigenvalue weighted by Gasteiger charge is 2.08. The minimum absolute atomic E-state index is 0.184. The number of esters is 1. The Kier molecular flexibility index (Phi) is 8.88. The summed E-state index contributed by atoms with van der Waals surface area (Å²) >= 11 is 5.91. The summed E-state index contributed by atoms with van der Waals surface area (Å²) in [5.41, 5.74) is 3.90. The summed E-state index contributed by atoms with van der Waals surface area (Å²) in [5.74, 6) is 1.20. The molecule has 34 heavy (non-hydrogen) atoms. The Labute approximate surface area is 202 Å². The maximum Gasteiger partial charge on any atom is 0.349 e. The summed E-state index contributed by atoms with van der Waals surface area (Å²) in [5, 5.41) is 4.48. The van der Waals surface area contributed by atoms with Crippen molar-refractivity contribution in [1.29, 1.82) is 0 Å². The maximum atomic E-state index is 12.0. The minimum Gasteiger partial charge on any atom is -0.497 e. The SMILES string of the molecule is COc1ccc(OCC(=O)NN=Cc2ccc(OC(=O)COc3ccc(Cl)cc3C)cc2)cc1. The number of nitrogens with zero attached hydrogens (tertiary/aromatic N) is 1. The van der Waals surface area contributed by atoms with E-state index in [-0.39, 0.29) is 13.2 Å². The van der Waals surface area contributed by atoms with Crippen molar-refractivity contribution in [3.05, 3.63) is 82.9 Å². The first-order chi connectivity index (χ1) is 16.4. The first kappa shape index (κ1) is 24.6. The number of hydrogen-bond acceptors (Lipinski definition) is 7. The van der Waals surface area contributed by atoms with E-state index in [2.05, 4.69) is 10.5 Å². The van der Waals surface area contributed by atoms with Gasteiger partial charge in [0.2, 0.25) is 0 Å². The van der Waals surface area contributed by atoms with E-state index in [1.807, 2.05) is 6.92 Å². The molecule has 0 saturated carbocycles. The molecule has 0 aliphatic heterocycles. The summed E-state index contributed by atoms with van der Waals surface area (Å²) in [6.07, 6.45) is 1.46. The number of halogens is 1. The molecule has 0 aromatic heterocycles. The molecule has 0 bridgehead atoms. The van der Waals surface area contributed by atoms with Gasteiger partial charge in [0.05, 0.1) is 13.3 Å². The lowest BCUT2D eigenvalue weighted by Crippen LogP contribution is -2.24. The average molecular weight is 483 g/mol. The zero-order chi connectivity index (χ0) is 24.3. The molecule has 3 rings (SSSR count). The van der Waals surface area contributed by atoms with E-state index in [4.69, 9.17) is 30.5 Å². The van der Waals surface area contributed by atoms with Crippen molar-refractivity contribution in [3.63, 3.8) is 0 Å². The maximum absolute atomic E-state index is 12.0. The molecule has 3 aromatic carbocycles. The molecule has 1 amide bonds. The van der Waals surface area contributed by atoms with Crippen molar-refractivity contribution in [2.45, 2.75) is 6.92 Å². The summed E-state index contributed by atoms with van der Waals surface area (Å²) in [4.78, 5) is 23.9. The van der Waals surface area contributed by atoms with Crippen LogP contribution in [0.1, 0.15) is 11.1 Å². The third kappa shape index (κ3) is 7.83. The molecule has 9 heteroatoms. The van der Waals surface area contributed by atoms with Gasteiger partial charge in [-0.05, 0) is 84.8 Å². The van der Waals surface area contributed by atoms with Gasteiger partial charge in [-0.25, -0.2) is 10.2 Å². The normalized spacial score (nSPS) is 10.6. The van der Waals surface area contributed by atoms with Crippen LogP contribution in [0, 0.1) is 6.92 Å². The number of hydrogen-bond donors (Lipinski definition) is 1. The lowest BCUT2D eigenvalue weighted by Gasteiger charge is -2.09. The Morgan fingerprint density at radius 1 is 0.912 bits per heavy atom. The highest BCUT2D eigenvalue weighted by molar-refractivity contribution is 6.30.